The Morgan fingerprint density at radius 2 is 2.07 bits per heavy atom. The van der Waals surface area contributed by atoms with Gasteiger partial charge in [-0.25, -0.2) is 9.69 Å². The Morgan fingerprint density at radius 1 is 1.43 bits per heavy atom. The van der Waals surface area contributed by atoms with Crippen molar-refractivity contribution in [1.82, 2.24) is 0 Å². The zero-order chi connectivity index (χ0) is 10.3. The van der Waals surface area contributed by atoms with Crippen LogP contribution < -0.4 is 10.6 Å². The van der Waals surface area contributed by atoms with Gasteiger partial charge in [0, 0.05) is 0 Å². The van der Waals surface area contributed by atoms with Crippen LogP contribution in [0.15, 0.2) is 24.3 Å². The molecule has 0 saturated heterocycles. The van der Waals surface area contributed by atoms with Crippen molar-refractivity contribution in [3.63, 3.8) is 0 Å². The quantitative estimate of drug-likeness (QED) is 0.668. The summed E-state index contributed by atoms with van der Waals surface area (Å²) >= 11 is 0. The maximum atomic E-state index is 11.6. The molecule has 2 rings (SSSR count). The molecule has 0 bridgehead atoms. The molecule has 72 valence electrons. The molecule has 0 saturated carbocycles. The van der Waals surface area contributed by atoms with Crippen LogP contribution in [0.3, 0.4) is 0 Å². The third-order valence-electron chi connectivity index (χ3n) is 2.46. The second-order valence-electron chi connectivity index (χ2n) is 3.29. The lowest BCUT2D eigenvalue weighted by atomic mass is 10.0. The van der Waals surface area contributed by atoms with Crippen LogP contribution in [0.2, 0.25) is 0 Å². The van der Waals surface area contributed by atoms with Crippen molar-refractivity contribution >= 4 is 17.6 Å². The van der Waals surface area contributed by atoms with Crippen LogP contribution in [-0.2, 0) is 4.79 Å². The fraction of sp³-hybridized carbons (Fsp3) is 0.200. The van der Waals surface area contributed by atoms with E-state index in [9.17, 15) is 9.59 Å². The molecule has 3 amide bonds. The number of anilines is 1. The van der Waals surface area contributed by atoms with Gasteiger partial charge in [0.15, 0.2) is 0 Å². The summed E-state index contributed by atoms with van der Waals surface area (Å²) in [4.78, 5) is 23.7. The average molecular weight is 190 g/mol. The minimum atomic E-state index is -0.716. The zero-order valence-electron chi connectivity index (χ0n) is 7.73. The Bertz CT molecular complexity index is 414. The van der Waals surface area contributed by atoms with Gasteiger partial charge in [-0.2, -0.15) is 0 Å². The molecule has 1 atom stereocenters. The molecule has 1 unspecified atom stereocenters. The van der Waals surface area contributed by atoms with Crippen LogP contribution in [-0.4, -0.2) is 11.9 Å². The number of urea groups is 1. The number of rotatable bonds is 0. The lowest BCUT2D eigenvalue weighted by Crippen LogP contribution is -2.38. The molecule has 1 aliphatic heterocycles. The number of carbonyl (C=O) groups is 2. The maximum Gasteiger partial charge on any atom is 0.326 e. The van der Waals surface area contributed by atoms with Crippen LogP contribution in [0.4, 0.5) is 10.5 Å². The topological polar surface area (TPSA) is 63.4 Å². The van der Waals surface area contributed by atoms with E-state index >= 15 is 0 Å². The Hall–Kier alpha value is -1.84. The molecule has 0 radical (unpaired) electrons. The molecule has 0 aromatic heterocycles. The van der Waals surface area contributed by atoms with Crippen LogP contribution in [0.5, 0.6) is 0 Å². The Balaban J connectivity index is 2.59. The molecular formula is C10H10N2O2. The van der Waals surface area contributed by atoms with Crippen molar-refractivity contribution in [2.24, 2.45) is 5.73 Å². The second-order valence-corrected chi connectivity index (χ2v) is 3.29. The monoisotopic (exact) mass is 190 g/mol. The minimum Gasteiger partial charge on any atom is -0.351 e. The number of nitrogens with zero attached hydrogens (tertiary/aromatic N) is 1. The summed E-state index contributed by atoms with van der Waals surface area (Å²) < 4.78 is 0. The lowest BCUT2D eigenvalue weighted by Gasteiger charge is -2.11. The molecule has 1 aromatic carbocycles. The molecule has 1 aromatic rings. The largest absolute Gasteiger partial charge is 0.351 e. The second kappa shape index (κ2) is 2.83. The van der Waals surface area contributed by atoms with Gasteiger partial charge in [-0.1, -0.05) is 18.2 Å². The highest BCUT2D eigenvalue weighted by Gasteiger charge is 2.36. The summed E-state index contributed by atoms with van der Waals surface area (Å²) in [6.45, 7) is 1.77. The SMILES string of the molecule is CC1C(=O)N(C(N)=O)c2ccccc21. The van der Waals surface area contributed by atoms with Crippen LogP contribution in [0.1, 0.15) is 18.4 Å². The molecule has 1 heterocycles. The van der Waals surface area contributed by atoms with E-state index in [0.29, 0.717) is 5.69 Å². The van der Waals surface area contributed by atoms with Gasteiger partial charge in [-0.3, -0.25) is 4.79 Å². The number of hydrogen-bond acceptors (Lipinski definition) is 2. The standard InChI is InChI=1S/C10H10N2O2/c1-6-7-4-2-3-5-8(7)12(9(6)13)10(11)14/h2-6H,1H3,(H2,11,14). The number of primary amides is 1. The first-order chi connectivity index (χ1) is 6.63. The first kappa shape index (κ1) is 8.74. The van der Waals surface area contributed by atoms with Crippen molar-refractivity contribution < 1.29 is 9.59 Å². The highest BCUT2D eigenvalue weighted by Crippen LogP contribution is 2.36. The molecule has 0 aliphatic carbocycles. The molecule has 0 spiro atoms. The van der Waals surface area contributed by atoms with Crippen LogP contribution >= 0.6 is 0 Å². The third-order valence-corrected chi connectivity index (χ3v) is 2.46. The number of nitrogens with two attached hydrogens (primary N) is 1. The van der Waals surface area contributed by atoms with Crippen molar-refractivity contribution in [1.29, 1.82) is 0 Å². The van der Waals surface area contributed by atoms with Crippen LogP contribution in [0.25, 0.3) is 0 Å². The van der Waals surface area contributed by atoms with Gasteiger partial charge in [0.25, 0.3) is 0 Å². The van der Waals surface area contributed by atoms with Gasteiger partial charge in [0.1, 0.15) is 0 Å². The number of imide groups is 1. The minimum absolute atomic E-state index is 0.251. The smallest absolute Gasteiger partial charge is 0.326 e. The molecular weight excluding hydrogens is 180 g/mol. The lowest BCUT2D eigenvalue weighted by molar-refractivity contribution is -0.118. The fourth-order valence-electron chi connectivity index (χ4n) is 1.73. The average Bonchev–Trinajstić information content (AvgIpc) is 2.41. The summed E-state index contributed by atoms with van der Waals surface area (Å²) in [6.07, 6.45) is 0. The Labute approximate surface area is 81.3 Å². The van der Waals surface area contributed by atoms with E-state index < -0.39 is 6.03 Å². The van der Waals surface area contributed by atoms with Gasteiger partial charge in [0.05, 0.1) is 11.6 Å². The first-order valence-corrected chi connectivity index (χ1v) is 4.35. The van der Waals surface area contributed by atoms with Gasteiger partial charge in [-0.05, 0) is 18.6 Å². The number of benzene rings is 1. The van der Waals surface area contributed by atoms with Gasteiger partial charge in [0.2, 0.25) is 5.91 Å². The van der Waals surface area contributed by atoms with Crippen molar-refractivity contribution in [2.45, 2.75) is 12.8 Å². The maximum absolute atomic E-state index is 11.6. The summed E-state index contributed by atoms with van der Waals surface area (Å²) in [7, 11) is 0. The van der Waals surface area contributed by atoms with E-state index in [1.807, 2.05) is 12.1 Å². The Morgan fingerprint density at radius 3 is 2.71 bits per heavy atom. The fourth-order valence-corrected chi connectivity index (χ4v) is 1.73. The highest BCUT2D eigenvalue weighted by molar-refractivity contribution is 6.20. The van der Waals surface area contributed by atoms with Gasteiger partial charge < -0.3 is 5.73 Å². The van der Waals surface area contributed by atoms with Crippen molar-refractivity contribution in [2.75, 3.05) is 4.90 Å². The summed E-state index contributed by atoms with van der Waals surface area (Å²) in [6, 6.07) is 6.46. The zero-order valence-corrected chi connectivity index (χ0v) is 7.73. The number of amides is 3. The number of para-hydroxylation sites is 1. The summed E-state index contributed by atoms with van der Waals surface area (Å²) in [5.41, 5.74) is 6.60. The highest BCUT2D eigenvalue weighted by atomic mass is 16.2. The molecule has 14 heavy (non-hydrogen) atoms. The van der Waals surface area contributed by atoms with E-state index in [-0.39, 0.29) is 11.8 Å². The predicted molar refractivity (Wildman–Crippen MR) is 51.9 cm³/mol. The van der Waals surface area contributed by atoms with E-state index in [0.717, 1.165) is 10.5 Å². The first-order valence-electron chi connectivity index (χ1n) is 4.35. The number of fused-ring (bicyclic) bond motifs is 1. The molecule has 4 heteroatoms. The van der Waals surface area contributed by atoms with E-state index in [4.69, 9.17) is 5.73 Å². The van der Waals surface area contributed by atoms with Gasteiger partial charge in [-0.15, -0.1) is 0 Å². The molecule has 1 aliphatic rings. The molecule has 2 N–H and O–H groups in total. The van der Waals surface area contributed by atoms with Crippen LogP contribution in [0, 0.1) is 0 Å². The normalized spacial score (nSPS) is 19.6. The summed E-state index contributed by atoms with van der Waals surface area (Å²) in [5, 5.41) is 0. The third kappa shape index (κ3) is 1.00. The number of carbonyl (C=O) groups excluding carboxylic acids is 2. The number of hydrogen-bond donors (Lipinski definition) is 1. The van der Waals surface area contributed by atoms with Crippen molar-refractivity contribution in [3.8, 4) is 0 Å². The van der Waals surface area contributed by atoms with Crippen molar-refractivity contribution in [3.05, 3.63) is 29.8 Å². The Kier molecular flexibility index (Phi) is 1.77. The van der Waals surface area contributed by atoms with E-state index in [2.05, 4.69) is 0 Å². The molecule has 4 nitrogen and oxygen atoms in total. The van der Waals surface area contributed by atoms with E-state index in [1.54, 1.807) is 19.1 Å². The summed E-state index contributed by atoms with van der Waals surface area (Å²) in [5.74, 6) is -0.530. The predicted octanol–water partition coefficient (Wildman–Crippen LogP) is 1.22. The van der Waals surface area contributed by atoms with E-state index in [1.165, 1.54) is 0 Å². The molecule has 0 fully saturated rings. The van der Waals surface area contributed by atoms with Gasteiger partial charge >= 0.3 is 6.03 Å².